The molecule has 0 spiro atoms. The third-order valence-electron chi connectivity index (χ3n) is 1.58. The second kappa shape index (κ2) is 9.02. The molecule has 0 amide bonds. The smallest absolute Gasteiger partial charge is 0 e. The van der Waals surface area contributed by atoms with E-state index >= 15 is 0 Å². The van der Waals surface area contributed by atoms with E-state index in [4.69, 9.17) is 0 Å². The molecule has 0 radical (unpaired) electrons. The standard InChI is InChI=1S/C8H11.2ClH.Hf/c1-3-8-6-4-5-7(8)2;;;/h6H,3-4H2,1-2H3;2*1H;/q-1;;;. The molecule has 0 aromatic heterocycles. The molecule has 0 nitrogen and oxygen atoms in total. The van der Waals surface area contributed by atoms with Gasteiger partial charge in [-0.1, -0.05) is 20.3 Å². The van der Waals surface area contributed by atoms with Crippen LogP contribution in [0.3, 0.4) is 0 Å². The van der Waals surface area contributed by atoms with Crippen molar-refractivity contribution in [3.63, 3.8) is 0 Å². The predicted molar refractivity (Wildman–Crippen MR) is 49.9 cm³/mol. The molecule has 1 aliphatic carbocycles. The van der Waals surface area contributed by atoms with Crippen molar-refractivity contribution in [2.75, 3.05) is 0 Å². The van der Waals surface area contributed by atoms with Gasteiger partial charge >= 0.3 is 0 Å². The number of allylic oxidation sites excluding steroid dienone is 4. The zero-order valence-corrected chi connectivity index (χ0v) is 12.0. The van der Waals surface area contributed by atoms with Crippen LogP contribution in [-0.4, -0.2) is 0 Å². The first kappa shape index (κ1) is 17.9. The molecular formula is C8H13Cl2Hf-. The normalized spacial score (nSPS) is 13.3. The van der Waals surface area contributed by atoms with E-state index in [-0.39, 0.29) is 50.7 Å². The predicted octanol–water partition coefficient (Wildman–Crippen LogP) is 3.32. The molecule has 0 unspecified atom stereocenters. The van der Waals surface area contributed by atoms with E-state index in [0.29, 0.717) is 0 Å². The van der Waals surface area contributed by atoms with Crippen molar-refractivity contribution in [2.24, 2.45) is 0 Å². The van der Waals surface area contributed by atoms with Crippen molar-refractivity contribution in [1.82, 2.24) is 0 Å². The van der Waals surface area contributed by atoms with Crippen molar-refractivity contribution in [1.29, 1.82) is 0 Å². The van der Waals surface area contributed by atoms with E-state index in [0.717, 1.165) is 6.42 Å². The summed E-state index contributed by atoms with van der Waals surface area (Å²) in [6.07, 6.45) is 7.69. The fourth-order valence-corrected chi connectivity index (χ4v) is 1.00. The van der Waals surface area contributed by atoms with Gasteiger partial charge in [-0.25, -0.2) is 5.57 Å². The van der Waals surface area contributed by atoms with Gasteiger partial charge < -0.3 is 0 Å². The first-order valence-electron chi connectivity index (χ1n) is 3.11. The van der Waals surface area contributed by atoms with E-state index in [9.17, 15) is 0 Å². The molecule has 0 heterocycles. The summed E-state index contributed by atoms with van der Waals surface area (Å²) in [6, 6.07) is 0. The summed E-state index contributed by atoms with van der Waals surface area (Å²) in [6.45, 7) is 4.31. The average Bonchev–Trinajstić information content (AvgIpc) is 2.14. The summed E-state index contributed by atoms with van der Waals surface area (Å²) >= 11 is 0. The molecule has 0 aromatic carbocycles. The van der Waals surface area contributed by atoms with Crippen LogP contribution in [0.25, 0.3) is 0 Å². The monoisotopic (exact) mass is 359 g/mol. The molecule has 11 heavy (non-hydrogen) atoms. The SMILES string of the molecule is CCC1=CC[C-]=C1C.Cl.Cl.[Hf]. The van der Waals surface area contributed by atoms with Crippen LogP contribution in [0, 0.1) is 6.08 Å². The van der Waals surface area contributed by atoms with Crippen LogP contribution < -0.4 is 0 Å². The maximum absolute atomic E-state index is 3.24. The molecule has 0 saturated heterocycles. The van der Waals surface area contributed by atoms with Gasteiger partial charge in [-0.3, -0.25) is 6.08 Å². The molecule has 1 aliphatic rings. The molecule has 0 atom stereocenters. The Bertz CT molecular complexity index is 150. The minimum absolute atomic E-state index is 0. The van der Waals surface area contributed by atoms with E-state index in [2.05, 4.69) is 26.0 Å². The Labute approximate surface area is 100 Å². The Morgan fingerprint density at radius 3 is 2.18 bits per heavy atom. The zero-order chi connectivity index (χ0) is 5.98. The van der Waals surface area contributed by atoms with Gasteiger partial charge in [0.05, 0.1) is 0 Å². The molecule has 64 valence electrons. The molecule has 0 aromatic rings. The molecule has 3 heteroatoms. The van der Waals surface area contributed by atoms with Crippen LogP contribution >= 0.6 is 24.8 Å². The molecule has 0 N–H and O–H groups in total. The first-order chi connectivity index (χ1) is 3.84. The minimum atomic E-state index is 0. The summed E-state index contributed by atoms with van der Waals surface area (Å²) in [4.78, 5) is 0. The largest absolute Gasteiger partial charge is 0.269 e. The Kier molecular flexibility index (Phi) is 14.7. The first-order valence-corrected chi connectivity index (χ1v) is 3.11. The number of hydrogen-bond donors (Lipinski definition) is 0. The van der Waals surface area contributed by atoms with Crippen molar-refractivity contribution in [3.05, 3.63) is 23.3 Å². The average molecular weight is 359 g/mol. The zero-order valence-electron chi connectivity index (χ0n) is 6.81. The van der Waals surface area contributed by atoms with Gasteiger partial charge in [0.2, 0.25) is 0 Å². The van der Waals surface area contributed by atoms with Crippen LogP contribution in [0.15, 0.2) is 17.2 Å². The second-order valence-corrected chi connectivity index (χ2v) is 2.09. The van der Waals surface area contributed by atoms with E-state index < -0.39 is 0 Å². The van der Waals surface area contributed by atoms with Gasteiger partial charge in [0.15, 0.2) is 0 Å². The van der Waals surface area contributed by atoms with Gasteiger partial charge in [-0.2, -0.15) is 11.6 Å². The van der Waals surface area contributed by atoms with Crippen LogP contribution in [-0.2, 0) is 25.8 Å². The van der Waals surface area contributed by atoms with Crippen LogP contribution in [0.5, 0.6) is 0 Å². The quantitative estimate of drug-likeness (QED) is 0.498. The molecular weight excluding hydrogens is 345 g/mol. The topological polar surface area (TPSA) is 0 Å². The third-order valence-corrected chi connectivity index (χ3v) is 1.58. The van der Waals surface area contributed by atoms with Crippen LogP contribution in [0.1, 0.15) is 26.7 Å². The number of rotatable bonds is 1. The van der Waals surface area contributed by atoms with Gasteiger partial charge in [0, 0.05) is 25.8 Å². The Balaban J connectivity index is -0.000000213. The maximum Gasteiger partial charge on any atom is 0 e. The fourth-order valence-electron chi connectivity index (χ4n) is 1.00. The summed E-state index contributed by atoms with van der Waals surface area (Å²) in [5, 5.41) is 0. The van der Waals surface area contributed by atoms with Crippen LogP contribution in [0.4, 0.5) is 0 Å². The van der Waals surface area contributed by atoms with Crippen molar-refractivity contribution >= 4 is 24.8 Å². The maximum atomic E-state index is 3.24. The third kappa shape index (κ3) is 5.21. The number of hydrogen-bond acceptors (Lipinski definition) is 0. The molecule has 1 rings (SSSR count). The van der Waals surface area contributed by atoms with E-state index in [1.807, 2.05) is 0 Å². The fraction of sp³-hybridized carbons (Fsp3) is 0.500. The van der Waals surface area contributed by atoms with E-state index in [1.54, 1.807) is 0 Å². The Morgan fingerprint density at radius 1 is 1.45 bits per heavy atom. The van der Waals surface area contributed by atoms with Crippen molar-refractivity contribution in [2.45, 2.75) is 26.7 Å². The van der Waals surface area contributed by atoms with Gasteiger partial charge in [0.25, 0.3) is 0 Å². The number of halogens is 2. The molecule has 0 bridgehead atoms. The molecule has 0 aliphatic heterocycles. The van der Waals surface area contributed by atoms with Crippen molar-refractivity contribution < 1.29 is 25.8 Å². The minimum Gasteiger partial charge on any atom is -0.269 e. The molecule has 0 saturated carbocycles. The van der Waals surface area contributed by atoms with Gasteiger partial charge in [-0.15, -0.1) is 31.2 Å². The summed E-state index contributed by atoms with van der Waals surface area (Å²) < 4.78 is 0. The van der Waals surface area contributed by atoms with Crippen LogP contribution in [0.2, 0.25) is 0 Å². The van der Waals surface area contributed by atoms with Crippen molar-refractivity contribution in [3.8, 4) is 0 Å². The summed E-state index contributed by atoms with van der Waals surface area (Å²) in [5.74, 6) is 0. The van der Waals surface area contributed by atoms with E-state index in [1.165, 1.54) is 17.6 Å². The van der Waals surface area contributed by atoms with Gasteiger partial charge in [0.1, 0.15) is 0 Å². The summed E-state index contributed by atoms with van der Waals surface area (Å²) in [7, 11) is 0. The Morgan fingerprint density at radius 2 is 2.00 bits per heavy atom. The van der Waals surface area contributed by atoms with Gasteiger partial charge in [-0.05, 0) is 0 Å². The summed E-state index contributed by atoms with van der Waals surface area (Å²) in [5.41, 5.74) is 2.83. The Hall–Kier alpha value is 0.930. The molecule has 0 fully saturated rings. The second-order valence-electron chi connectivity index (χ2n) is 2.09.